The molecule has 10 aromatic rings. The van der Waals surface area contributed by atoms with Crippen molar-refractivity contribution in [2.24, 2.45) is 0 Å². The van der Waals surface area contributed by atoms with Crippen LogP contribution in [0.1, 0.15) is 12.3 Å². The van der Waals surface area contributed by atoms with E-state index in [0.717, 1.165) is 60.5 Å². The average Bonchev–Trinajstić information content (AvgIpc) is 3.77. The summed E-state index contributed by atoms with van der Waals surface area (Å²) in [5.41, 5.74) is 8.09. The van der Waals surface area contributed by atoms with E-state index in [0.29, 0.717) is 11.0 Å². The topological polar surface area (TPSA) is 9.86 Å². The van der Waals surface area contributed by atoms with E-state index >= 15 is 0 Å². The molecule has 0 aliphatic carbocycles. The number of hydrogen-bond donors (Lipinski definition) is 0. The molecule has 2 heterocycles. The second-order valence-corrected chi connectivity index (χ2v) is 12.3. The molecule has 0 saturated heterocycles. The number of hydrogen-bond acceptors (Lipinski definition) is 0. The van der Waals surface area contributed by atoms with Crippen molar-refractivity contribution in [3.05, 3.63) is 194 Å². The highest BCUT2D eigenvalue weighted by atomic mass is 15.0. The van der Waals surface area contributed by atoms with E-state index in [1.165, 1.54) is 0 Å². The quantitative estimate of drug-likeness (QED) is 0.176. The van der Waals surface area contributed by atoms with E-state index in [2.05, 4.69) is 71.3 Å². The van der Waals surface area contributed by atoms with Crippen molar-refractivity contribution in [1.29, 1.82) is 0 Å². The summed E-state index contributed by atoms with van der Waals surface area (Å²) in [4.78, 5) is 0. The van der Waals surface area contributed by atoms with Crippen molar-refractivity contribution in [3.8, 4) is 44.8 Å². The first-order valence-electron chi connectivity index (χ1n) is 21.0. The van der Waals surface area contributed by atoms with Gasteiger partial charge in [-0.05, 0) is 100 Å². The van der Waals surface area contributed by atoms with E-state index in [9.17, 15) is 2.74 Å². The molecule has 2 heteroatoms. The Bertz CT molecular complexity index is 3310. The van der Waals surface area contributed by atoms with Crippen molar-refractivity contribution in [3.63, 3.8) is 0 Å². The molecule has 10 rings (SSSR count). The monoisotopic (exact) mass is 645 g/mol. The SMILES string of the molecule is [2H]c1c([2H])c([2H])c(-c2c([2H])c([2H])c(-n3c4ccccc4c4cc(-c5ccc6c(c5)c5cc(-c7ccccc7)ccc5n6-c5ccccc5)ccc43)c([2H])c2[2H])c([2H])c1[2H]. The van der Waals surface area contributed by atoms with Crippen LogP contribution in [0.5, 0.6) is 0 Å². The van der Waals surface area contributed by atoms with Crippen LogP contribution in [0.3, 0.4) is 0 Å². The molecule has 2 aromatic heterocycles. The van der Waals surface area contributed by atoms with Crippen LogP contribution in [0.25, 0.3) is 88.4 Å². The maximum atomic E-state index is 9.23. The summed E-state index contributed by atoms with van der Waals surface area (Å²) >= 11 is 0. The van der Waals surface area contributed by atoms with Crippen molar-refractivity contribution >= 4 is 43.6 Å². The zero-order valence-electron chi connectivity index (χ0n) is 35.7. The minimum atomic E-state index is -0.613. The molecular formula is C48H32N2. The van der Waals surface area contributed by atoms with Gasteiger partial charge in [0.1, 0.15) is 0 Å². The van der Waals surface area contributed by atoms with Crippen LogP contribution in [0.2, 0.25) is 0 Å². The van der Waals surface area contributed by atoms with Crippen molar-refractivity contribution in [2.75, 3.05) is 0 Å². The van der Waals surface area contributed by atoms with Gasteiger partial charge in [-0.2, -0.15) is 0 Å². The Morgan fingerprint density at radius 2 is 0.760 bits per heavy atom. The van der Waals surface area contributed by atoms with Gasteiger partial charge in [-0.15, -0.1) is 0 Å². The molecule has 0 unspecified atom stereocenters. The fourth-order valence-corrected chi connectivity index (χ4v) is 7.18. The van der Waals surface area contributed by atoms with Crippen LogP contribution in [-0.4, -0.2) is 9.13 Å². The Labute approximate surface area is 303 Å². The van der Waals surface area contributed by atoms with Crippen molar-refractivity contribution in [2.45, 2.75) is 0 Å². The first kappa shape index (κ1) is 20.7. The molecule has 8 aromatic carbocycles. The number of benzene rings is 8. The molecule has 0 radical (unpaired) electrons. The van der Waals surface area contributed by atoms with Crippen LogP contribution >= 0.6 is 0 Å². The maximum absolute atomic E-state index is 9.23. The van der Waals surface area contributed by atoms with Gasteiger partial charge in [0.05, 0.1) is 34.4 Å². The summed E-state index contributed by atoms with van der Waals surface area (Å²) in [6.07, 6.45) is 0. The van der Waals surface area contributed by atoms with E-state index < -0.39 is 54.4 Å². The van der Waals surface area contributed by atoms with E-state index in [-0.39, 0.29) is 16.8 Å². The van der Waals surface area contributed by atoms with Crippen molar-refractivity contribution < 1.29 is 12.3 Å². The minimum absolute atomic E-state index is 0.000529. The third kappa shape index (κ3) is 4.57. The normalized spacial score (nSPS) is 14.1. The van der Waals surface area contributed by atoms with Gasteiger partial charge in [0.25, 0.3) is 0 Å². The molecule has 50 heavy (non-hydrogen) atoms. The molecular weight excluding hydrogens is 605 g/mol. The summed E-state index contributed by atoms with van der Waals surface area (Å²) in [6, 6.07) is 42.7. The van der Waals surface area contributed by atoms with Gasteiger partial charge in [-0.25, -0.2) is 0 Å². The van der Waals surface area contributed by atoms with Crippen LogP contribution in [0, 0.1) is 0 Å². The zero-order valence-corrected chi connectivity index (χ0v) is 26.7. The maximum Gasteiger partial charge on any atom is 0.0645 e. The number of nitrogens with zero attached hydrogens (tertiary/aromatic N) is 2. The molecule has 0 aliphatic heterocycles. The Hall–Kier alpha value is -6.64. The fourth-order valence-electron chi connectivity index (χ4n) is 7.18. The predicted molar refractivity (Wildman–Crippen MR) is 211 cm³/mol. The second kappa shape index (κ2) is 11.5. The smallest absolute Gasteiger partial charge is 0.0645 e. The van der Waals surface area contributed by atoms with Gasteiger partial charge in [0.15, 0.2) is 0 Å². The molecule has 0 aliphatic rings. The lowest BCUT2D eigenvalue weighted by Crippen LogP contribution is -1.94. The van der Waals surface area contributed by atoms with E-state index in [1.54, 1.807) is 4.57 Å². The van der Waals surface area contributed by atoms with E-state index in [4.69, 9.17) is 9.60 Å². The standard InChI is InChI=1S/C48H32N2/c1-4-12-33(13-5-1)35-20-25-40(26-21-35)50-45-19-11-10-18-41(45)42-31-37(23-28-46(42)50)38-24-29-48-44(32-38)43-30-36(34-14-6-2-7-15-34)22-27-47(43)49(48)39-16-8-3-9-17-39/h1-32H/i1D,4D,5D,12D,13D,20D,21D,25D,26D. The Balaban J connectivity index is 1.17. The highest BCUT2D eigenvalue weighted by Crippen LogP contribution is 2.39. The zero-order chi connectivity index (χ0) is 40.9. The molecule has 0 saturated carbocycles. The largest absolute Gasteiger partial charge is 0.309 e. The van der Waals surface area contributed by atoms with Crippen LogP contribution in [0.15, 0.2) is 194 Å². The third-order valence-electron chi connectivity index (χ3n) is 9.48. The van der Waals surface area contributed by atoms with Gasteiger partial charge in [-0.1, -0.05) is 127 Å². The van der Waals surface area contributed by atoms with Crippen LogP contribution < -0.4 is 0 Å². The molecule has 0 spiro atoms. The Morgan fingerprint density at radius 1 is 0.300 bits per heavy atom. The lowest BCUT2D eigenvalue weighted by atomic mass is 9.99. The van der Waals surface area contributed by atoms with Gasteiger partial charge in [-0.3, -0.25) is 0 Å². The summed E-state index contributed by atoms with van der Waals surface area (Å²) in [5, 5.41) is 3.93. The lowest BCUT2D eigenvalue weighted by molar-refractivity contribution is 1.18. The van der Waals surface area contributed by atoms with Crippen LogP contribution in [-0.2, 0) is 0 Å². The second-order valence-electron chi connectivity index (χ2n) is 12.3. The Morgan fingerprint density at radius 3 is 1.38 bits per heavy atom. The molecule has 0 fully saturated rings. The Kier molecular flexibility index (Phi) is 4.76. The fraction of sp³-hybridized carbons (Fsp3) is 0. The van der Waals surface area contributed by atoms with E-state index in [1.807, 2.05) is 72.8 Å². The van der Waals surface area contributed by atoms with Gasteiger partial charge < -0.3 is 9.13 Å². The number of para-hydroxylation sites is 2. The summed E-state index contributed by atoms with van der Waals surface area (Å²) in [6.45, 7) is 0. The summed E-state index contributed by atoms with van der Waals surface area (Å²) < 4.78 is 82.0. The number of fused-ring (bicyclic) bond motifs is 6. The molecule has 0 bridgehead atoms. The molecule has 0 atom stereocenters. The number of aromatic nitrogens is 2. The number of rotatable bonds is 5. The molecule has 2 nitrogen and oxygen atoms in total. The highest BCUT2D eigenvalue weighted by Gasteiger charge is 2.17. The summed E-state index contributed by atoms with van der Waals surface area (Å²) in [7, 11) is 0. The minimum Gasteiger partial charge on any atom is -0.309 e. The van der Waals surface area contributed by atoms with Crippen LogP contribution in [0.4, 0.5) is 0 Å². The summed E-state index contributed by atoms with van der Waals surface area (Å²) in [5.74, 6) is 0. The van der Waals surface area contributed by atoms with Gasteiger partial charge in [0, 0.05) is 32.9 Å². The van der Waals surface area contributed by atoms with Gasteiger partial charge >= 0.3 is 0 Å². The third-order valence-corrected chi connectivity index (χ3v) is 9.48. The highest BCUT2D eigenvalue weighted by molar-refractivity contribution is 6.13. The molecule has 0 amide bonds. The van der Waals surface area contributed by atoms with Gasteiger partial charge in [0.2, 0.25) is 0 Å². The first-order chi connectivity index (χ1) is 28.5. The molecule has 0 N–H and O–H groups in total. The predicted octanol–water partition coefficient (Wildman–Crippen LogP) is 12.9. The van der Waals surface area contributed by atoms with Crippen molar-refractivity contribution in [1.82, 2.24) is 9.13 Å². The average molecular weight is 646 g/mol. The molecule has 234 valence electrons. The lowest BCUT2D eigenvalue weighted by Gasteiger charge is -2.10. The first-order valence-corrected chi connectivity index (χ1v) is 16.5.